The first-order valence-electron chi connectivity index (χ1n) is 10.9. The SMILES string of the molecule is CCOc1cc(CNc2ccc(Oc3ccccc3)cc2)cc(Cl)c1OCc1ccccc1. The molecule has 0 fully saturated rings. The third-order valence-electron chi connectivity index (χ3n) is 4.93. The van der Waals surface area contributed by atoms with E-state index in [4.69, 9.17) is 25.8 Å². The van der Waals surface area contributed by atoms with E-state index in [1.54, 1.807) is 0 Å². The minimum Gasteiger partial charge on any atom is -0.490 e. The summed E-state index contributed by atoms with van der Waals surface area (Å²) in [6.45, 7) is 3.49. The van der Waals surface area contributed by atoms with Crippen molar-refractivity contribution in [2.45, 2.75) is 20.1 Å². The van der Waals surface area contributed by atoms with Crippen molar-refractivity contribution in [3.63, 3.8) is 0 Å². The van der Waals surface area contributed by atoms with E-state index in [9.17, 15) is 0 Å². The van der Waals surface area contributed by atoms with E-state index in [-0.39, 0.29) is 0 Å². The van der Waals surface area contributed by atoms with E-state index in [0.29, 0.717) is 36.3 Å². The Hall–Kier alpha value is -3.63. The lowest BCUT2D eigenvalue weighted by molar-refractivity contribution is 0.269. The Labute approximate surface area is 199 Å². The van der Waals surface area contributed by atoms with Crippen molar-refractivity contribution in [3.8, 4) is 23.0 Å². The van der Waals surface area contributed by atoms with Crippen molar-refractivity contribution >= 4 is 17.3 Å². The first-order valence-corrected chi connectivity index (χ1v) is 11.3. The summed E-state index contributed by atoms with van der Waals surface area (Å²) in [5.41, 5.74) is 3.05. The molecule has 4 nitrogen and oxygen atoms in total. The zero-order chi connectivity index (χ0) is 22.9. The lowest BCUT2D eigenvalue weighted by Crippen LogP contribution is -2.04. The molecule has 0 heterocycles. The minimum atomic E-state index is 0.426. The van der Waals surface area contributed by atoms with Crippen LogP contribution in [0, 0.1) is 0 Å². The van der Waals surface area contributed by atoms with Crippen LogP contribution in [-0.4, -0.2) is 6.61 Å². The molecule has 33 heavy (non-hydrogen) atoms. The van der Waals surface area contributed by atoms with Gasteiger partial charge in [-0.15, -0.1) is 0 Å². The molecule has 168 valence electrons. The van der Waals surface area contributed by atoms with Crippen LogP contribution >= 0.6 is 11.6 Å². The predicted molar refractivity (Wildman–Crippen MR) is 134 cm³/mol. The lowest BCUT2D eigenvalue weighted by atomic mass is 10.2. The van der Waals surface area contributed by atoms with Gasteiger partial charge in [-0.25, -0.2) is 0 Å². The van der Waals surface area contributed by atoms with Gasteiger partial charge in [-0.3, -0.25) is 0 Å². The minimum absolute atomic E-state index is 0.426. The summed E-state index contributed by atoms with van der Waals surface area (Å²) in [4.78, 5) is 0. The Bertz CT molecular complexity index is 1150. The fourth-order valence-electron chi connectivity index (χ4n) is 3.33. The van der Waals surface area contributed by atoms with Crippen LogP contribution in [0.3, 0.4) is 0 Å². The van der Waals surface area contributed by atoms with Crippen LogP contribution in [-0.2, 0) is 13.2 Å². The summed E-state index contributed by atoms with van der Waals surface area (Å²) in [6.07, 6.45) is 0. The van der Waals surface area contributed by atoms with Crippen LogP contribution in [0.25, 0.3) is 0 Å². The zero-order valence-electron chi connectivity index (χ0n) is 18.5. The molecule has 5 heteroatoms. The highest BCUT2D eigenvalue weighted by Gasteiger charge is 2.13. The number of para-hydroxylation sites is 1. The highest BCUT2D eigenvalue weighted by molar-refractivity contribution is 6.32. The summed E-state index contributed by atoms with van der Waals surface area (Å²) in [7, 11) is 0. The number of hydrogen-bond donors (Lipinski definition) is 1. The number of nitrogens with one attached hydrogen (secondary N) is 1. The van der Waals surface area contributed by atoms with Crippen molar-refractivity contribution in [1.82, 2.24) is 0 Å². The average molecular weight is 460 g/mol. The molecule has 4 aromatic carbocycles. The second kappa shape index (κ2) is 11.3. The number of rotatable bonds is 10. The maximum atomic E-state index is 6.57. The Morgan fingerprint density at radius 1 is 0.727 bits per heavy atom. The molecule has 0 saturated heterocycles. The molecular formula is C28H26ClNO3. The van der Waals surface area contributed by atoms with E-state index in [1.165, 1.54) is 0 Å². The topological polar surface area (TPSA) is 39.7 Å². The molecule has 0 unspecified atom stereocenters. The van der Waals surface area contributed by atoms with Gasteiger partial charge >= 0.3 is 0 Å². The molecule has 0 aromatic heterocycles. The van der Waals surface area contributed by atoms with Crippen LogP contribution in [0.5, 0.6) is 23.0 Å². The van der Waals surface area contributed by atoms with Crippen LogP contribution in [0.15, 0.2) is 97.1 Å². The first-order chi connectivity index (χ1) is 16.2. The quantitative estimate of drug-likeness (QED) is 0.263. The highest BCUT2D eigenvalue weighted by atomic mass is 35.5. The summed E-state index contributed by atoms with van der Waals surface area (Å²) in [5, 5.41) is 3.94. The fraction of sp³-hybridized carbons (Fsp3) is 0.143. The summed E-state index contributed by atoms with van der Waals surface area (Å²) < 4.78 is 17.7. The molecule has 0 atom stereocenters. The fourth-order valence-corrected chi connectivity index (χ4v) is 3.61. The average Bonchev–Trinajstić information content (AvgIpc) is 2.85. The standard InChI is InChI=1S/C28H26ClNO3/c1-2-31-27-18-22(17-26(29)28(27)32-20-21-9-5-3-6-10-21)19-30-23-13-15-25(16-14-23)33-24-11-7-4-8-12-24/h3-18,30H,2,19-20H2,1H3. The van der Waals surface area contributed by atoms with Crippen LogP contribution < -0.4 is 19.5 Å². The van der Waals surface area contributed by atoms with Crippen molar-refractivity contribution < 1.29 is 14.2 Å². The van der Waals surface area contributed by atoms with Gasteiger partial charge in [0.1, 0.15) is 18.1 Å². The molecule has 0 saturated carbocycles. The van der Waals surface area contributed by atoms with E-state index >= 15 is 0 Å². The second-order valence-electron chi connectivity index (χ2n) is 7.41. The molecule has 0 aliphatic rings. The van der Waals surface area contributed by atoms with Crippen molar-refractivity contribution in [1.29, 1.82) is 0 Å². The Kier molecular flexibility index (Phi) is 7.72. The third-order valence-corrected chi connectivity index (χ3v) is 5.21. The number of anilines is 1. The van der Waals surface area contributed by atoms with Crippen molar-refractivity contribution in [2.24, 2.45) is 0 Å². The summed E-state index contributed by atoms with van der Waals surface area (Å²) in [6, 6.07) is 31.4. The normalized spacial score (nSPS) is 10.5. The van der Waals surface area contributed by atoms with E-state index in [1.807, 2.05) is 104 Å². The zero-order valence-corrected chi connectivity index (χ0v) is 19.2. The maximum Gasteiger partial charge on any atom is 0.180 e. The molecule has 0 aliphatic carbocycles. The largest absolute Gasteiger partial charge is 0.490 e. The predicted octanol–water partition coefficient (Wildman–Crippen LogP) is 7.72. The van der Waals surface area contributed by atoms with E-state index in [0.717, 1.165) is 28.3 Å². The van der Waals surface area contributed by atoms with Crippen LogP contribution in [0.2, 0.25) is 5.02 Å². The monoisotopic (exact) mass is 459 g/mol. The van der Waals surface area contributed by atoms with Gasteiger partial charge in [0.25, 0.3) is 0 Å². The molecule has 4 rings (SSSR count). The van der Waals surface area contributed by atoms with Crippen molar-refractivity contribution in [3.05, 3.63) is 113 Å². The smallest absolute Gasteiger partial charge is 0.180 e. The number of ether oxygens (including phenoxy) is 3. The molecule has 0 aliphatic heterocycles. The lowest BCUT2D eigenvalue weighted by Gasteiger charge is -2.16. The van der Waals surface area contributed by atoms with Gasteiger partial charge in [0.15, 0.2) is 11.5 Å². The van der Waals surface area contributed by atoms with Gasteiger partial charge in [0.05, 0.1) is 11.6 Å². The van der Waals surface area contributed by atoms with Gasteiger partial charge in [-0.05, 0) is 66.6 Å². The molecule has 0 radical (unpaired) electrons. The Balaban J connectivity index is 1.40. The van der Waals surface area contributed by atoms with Gasteiger partial charge in [-0.1, -0.05) is 60.1 Å². The molecule has 0 spiro atoms. The Morgan fingerprint density at radius 3 is 2.09 bits per heavy atom. The second-order valence-corrected chi connectivity index (χ2v) is 7.81. The number of halogens is 1. The summed E-state index contributed by atoms with van der Waals surface area (Å²) >= 11 is 6.57. The van der Waals surface area contributed by atoms with Gasteiger partial charge < -0.3 is 19.5 Å². The molecule has 0 bridgehead atoms. The summed E-state index contributed by atoms with van der Waals surface area (Å²) in [5.74, 6) is 2.80. The van der Waals surface area contributed by atoms with Crippen LogP contribution in [0.4, 0.5) is 5.69 Å². The molecule has 0 amide bonds. The van der Waals surface area contributed by atoms with Crippen molar-refractivity contribution in [2.75, 3.05) is 11.9 Å². The first kappa shape index (κ1) is 22.6. The van der Waals surface area contributed by atoms with Gasteiger partial charge in [-0.2, -0.15) is 0 Å². The van der Waals surface area contributed by atoms with E-state index in [2.05, 4.69) is 5.32 Å². The number of hydrogen-bond acceptors (Lipinski definition) is 4. The molecule has 1 N–H and O–H groups in total. The van der Waals surface area contributed by atoms with Crippen LogP contribution in [0.1, 0.15) is 18.1 Å². The van der Waals surface area contributed by atoms with Gasteiger partial charge in [0, 0.05) is 12.2 Å². The van der Waals surface area contributed by atoms with Gasteiger partial charge in [0.2, 0.25) is 0 Å². The Morgan fingerprint density at radius 2 is 1.39 bits per heavy atom. The van der Waals surface area contributed by atoms with E-state index < -0.39 is 0 Å². The molecular weight excluding hydrogens is 434 g/mol. The molecule has 4 aromatic rings. The number of benzene rings is 4. The maximum absolute atomic E-state index is 6.57. The third kappa shape index (κ3) is 6.43. The highest BCUT2D eigenvalue weighted by Crippen LogP contribution is 2.37.